The fourth-order valence-electron chi connectivity index (χ4n) is 5.75. The van der Waals surface area contributed by atoms with Crippen LogP contribution in [0.15, 0.2) is 41.8 Å². The molecule has 1 heterocycles. The normalized spacial score (nSPS) is 32.9. The van der Waals surface area contributed by atoms with Gasteiger partial charge in [-0.3, -0.25) is 4.79 Å². The molecule has 0 N–H and O–H groups in total. The minimum absolute atomic E-state index is 0.0102. The number of nitrogens with zero attached hydrogens (tertiary/aromatic N) is 3. The first kappa shape index (κ1) is 15.6. The summed E-state index contributed by atoms with van der Waals surface area (Å²) in [7, 11) is 0. The second-order valence-corrected chi connectivity index (χ2v) is 9.16. The Kier molecular flexibility index (Phi) is 3.73. The van der Waals surface area contributed by atoms with Crippen LogP contribution in [0.25, 0.3) is 5.69 Å². The largest absolute Gasteiger partial charge is 0.298 e. The third-order valence-electron chi connectivity index (χ3n) is 6.45. The van der Waals surface area contributed by atoms with E-state index in [-0.39, 0.29) is 5.41 Å². The van der Waals surface area contributed by atoms with Crippen molar-refractivity contribution in [2.45, 2.75) is 43.7 Å². The van der Waals surface area contributed by atoms with E-state index in [1.165, 1.54) is 31.0 Å². The van der Waals surface area contributed by atoms with Crippen molar-refractivity contribution < 1.29 is 4.79 Å². The van der Waals surface area contributed by atoms with Crippen LogP contribution in [-0.2, 0) is 4.79 Å². The number of carbonyl (C=O) groups is 1. The second kappa shape index (κ2) is 5.97. The molecule has 4 fully saturated rings. The first-order valence-corrected chi connectivity index (χ1v) is 10.3. The Morgan fingerprint density at radius 3 is 2.36 bits per heavy atom. The van der Waals surface area contributed by atoms with Gasteiger partial charge in [-0.2, -0.15) is 0 Å². The molecule has 0 radical (unpaired) electrons. The van der Waals surface area contributed by atoms with Gasteiger partial charge in [0.05, 0.1) is 11.4 Å². The lowest BCUT2D eigenvalue weighted by Gasteiger charge is -2.56. The van der Waals surface area contributed by atoms with E-state index in [0.717, 1.165) is 42.7 Å². The molecule has 4 aliphatic carbocycles. The van der Waals surface area contributed by atoms with E-state index in [9.17, 15) is 4.79 Å². The zero-order valence-corrected chi connectivity index (χ0v) is 15.1. The molecule has 2 aromatic rings. The van der Waals surface area contributed by atoms with Crippen molar-refractivity contribution in [3.8, 4) is 5.69 Å². The van der Waals surface area contributed by atoms with E-state index < -0.39 is 0 Å². The smallest absolute Gasteiger partial charge is 0.209 e. The molecule has 4 nitrogen and oxygen atoms in total. The average Bonchev–Trinajstić information content (AvgIpc) is 3.08. The highest BCUT2D eigenvalue weighted by Gasteiger charge is 2.54. The number of ketones is 1. The van der Waals surface area contributed by atoms with Crippen LogP contribution in [0, 0.1) is 23.2 Å². The van der Waals surface area contributed by atoms with Gasteiger partial charge < -0.3 is 0 Å². The predicted molar refractivity (Wildman–Crippen MR) is 97.7 cm³/mol. The van der Waals surface area contributed by atoms with Crippen LogP contribution in [0.3, 0.4) is 0 Å². The fraction of sp³-hybridized carbons (Fsp3) is 0.550. The SMILES string of the molecule is O=C(CSc1ncn(-c2ccccc2)n1)C12CC3CC(CC(C3)C1)C2. The summed E-state index contributed by atoms with van der Waals surface area (Å²) in [6, 6.07) is 9.97. The molecular weight excluding hydrogens is 330 g/mol. The van der Waals surface area contributed by atoms with Crippen LogP contribution in [0.5, 0.6) is 0 Å². The highest BCUT2D eigenvalue weighted by molar-refractivity contribution is 7.99. The van der Waals surface area contributed by atoms with Crippen molar-refractivity contribution >= 4 is 17.5 Å². The van der Waals surface area contributed by atoms with Crippen LogP contribution in [-0.4, -0.2) is 26.3 Å². The third-order valence-corrected chi connectivity index (χ3v) is 7.31. The van der Waals surface area contributed by atoms with Crippen molar-refractivity contribution in [3.63, 3.8) is 0 Å². The molecule has 0 amide bonds. The summed E-state index contributed by atoms with van der Waals surface area (Å²) in [5, 5.41) is 5.21. The van der Waals surface area contributed by atoms with Crippen LogP contribution in [0.4, 0.5) is 0 Å². The Labute approximate surface area is 152 Å². The highest BCUT2D eigenvalue weighted by atomic mass is 32.2. The molecule has 4 aliphatic rings. The number of hydrogen-bond acceptors (Lipinski definition) is 4. The zero-order chi connectivity index (χ0) is 16.9. The van der Waals surface area contributed by atoms with Crippen molar-refractivity contribution in [1.29, 1.82) is 0 Å². The minimum atomic E-state index is -0.0102. The standard InChI is InChI=1S/C20H23N3OS/c24-18(20-9-14-6-15(10-20)8-16(7-14)11-20)12-25-19-21-13-23(22-19)17-4-2-1-3-5-17/h1-5,13-16H,6-12H2. The molecule has 5 heteroatoms. The lowest BCUT2D eigenvalue weighted by molar-refractivity contribution is -0.141. The second-order valence-electron chi connectivity index (χ2n) is 8.22. The topological polar surface area (TPSA) is 47.8 Å². The van der Waals surface area contributed by atoms with Gasteiger partial charge in [0.25, 0.3) is 0 Å². The van der Waals surface area contributed by atoms with E-state index in [1.807, 2.05) is 30.3 Å². The lowest BCUT2D eigenvalue weighted by atomic mass is 9.48. The lowest BCUT2D eigenvalue weighted by Crippen LogP contribution is -2.50. The van der Waals surface area contributed by atoms with Crippen LogP contribution in [0.1, 0.15) is 38.5 Å². The van der Waals surface area contributed by atoms with E-state index in [0.29, 0.717) is 16.7 Å². The van der Waals surface area contributed by atoms with E-state index in [1.54, 1.807) is 11.0 Å². The number of rotatable bonds is 5. The Morgan fingerprint density at radius 1 is 1.08 bits per heavy atom. The van der Waals surface area contributed by atoms with E-state index in [4.69, 9.17) is 0 Å². The number of thioether (sulfide) groups is 1. The minimum Gasteiger partial charge on any atom is -0.298 e. The molecule has 130 valence electrons. The summed E-state index contributed by atoms with van der Waals surface area (Å²) in [4.78, 5) is 17.4. The molecule has 4 saturated carbocycles. The number of Topliss-reactive ketones (excluding diaryl/α,β-unsaturated/α-hetero) is 1. The van der Waals surface area contributed by atoms with Crippen molar-refractivity contribution in [2.75, 3.05) is 5.75 Å². The van der Waals surface area contributed by atoms with Crippen molar-refractivity contribution in [3.05, 3.63) is 36.7 Å². The maximum Gasteiger partial charge on any atom is 0.209 e. The molecular formula is C20H23N3OS. The quantitative estimate of drug-likeness (QED) is 0.758. The van der Waals surface area contributed by atoms with Gasteiger partial charge in [0.15, 0.2) is 0 Å². The predicted octanol–water partition coefficient (Wildman–Crippen LogP) is 4.14. The molecule has 0 unspecified atom stereocenters. The Hall–Kier alpha value is -1.62. The third kappa shape index (κ3) is 2.82. The average molecular weight is 353 g/mol. The first-order valence-electron chi connectivity index (χ1n) is 9.33. The molecule has 6 rings (SSSR count). The Balaban J connectivity index is 1.26. The van der Waals surface area contributed by atoms with Gasteiger partial charge in [0.1, 0.15) is 12.1 Å². The maximum atomic E-state index is 13.1. The molecule has 1 aromatic carbocycles. The number of aromatic nitrogens is 3. The summed E-state index contributed by atoms with van der Waals surface area (Å²) >= 11 is 1.50. The summed E-state index contributed by atoms with van der Waals surface area (Å²) in [5.74, 6) is 3.42. The zero-order valence-electron chi connectivity index (χ0n) is 14.3. The number of carbonyl (C=O) groups excluding carboxylic acids is 1. The number of benzene rings is 1. The molecule has 0 aliphatic heterocycles. The van der Waals surface area contributed by atoms with Crippen molar-refractivity contribution in [2.24, 2.45) is 23.2 Å². The fourth-order valence-corrected chi connectivity index (χ4v) is 6.59. The van der Waals surface area contributed by atoms with E-state index >= 15 is 0 Å². The Bertz CT molecular complexity index is 750. The summed E-state index contributed by atoms with van der Waals surface area (Å²) in [6.45, 7) is 0. The number of hydrogen-bond donors (Lipinski definition) is 0. The molecule has 0 saturated heterocycles. The van der Waals surface area contributed by atoms with E-state index in [2.05, 4.69) is 10.1 Å². The molecule has 4 bridgehead atoms. The number of para-hydroxylation sites is 1. The maximum absolute atomic E-state index is 13.1. The monoisotopic (exact) mass is 353 g/mol. The van der Waals surface area contributed by atoms with Crippen LogP contribution < -0.4 is 0 Å². The van der Waals surface area contributed by atoms with Crippen LogP contribution >= 0.6 is 11.8 Å². The van der Waals surface area contributed by atoms with Gasteiger partial charge in [-0.05, 0) is 68.4 Å². The van der Waals surface area contributed by atoms with Gasteiger partial charge >= 0.3 is 0 Å². The molecule has 25 heavy (non-hydrogen) atoms. The Morgan fingerprint density at radius 2 is 1.72 bits per heavy atom. The van der Waals surface area contributed by atoms with Gasteiger partial charge in [-0.1, -0.05) is 30.0 Å². The van der Waals surface area contributed by atoms with Gasteiger partial charge in [0.2, 0.25) is 5.16 Å². The summed E-state index contributed by atoms with van der Waals surface area (Å²) in [5.41, 5.74) is 0.985. The molecule has 0 atom stereocenters. The summed E-state index contributed by atoms with van der Waals surface area (Å²) < 4.78 is 1.78. The molecule has 0 spiro atoms. The van der Waals surface area contributed by atoms with Gasteiger partial charge in [-0.15, -0.1) is 5.10 Å². The summed E-state index contributed by atoms with van der Waals surface area (Å²) in [6.07, 6.45) is 9.29. The van der Waals surface area contributed by atoms with Crippen molar-refractivity contribution in [1.82, 2.24) is 14.8 Å². The van der Waals surface area contributed by atoms with Crippen LogP contribution in [0.2, 0.25) is 0 Å². The molecule has 1 aromatic heterocycles. The highest BCUT2D eigenvalue weighted by Crippen LogP contribution is 2.60. The van der Waals surface area contributed by atoms with Gasteiger partial charge in [-0.25, -0.2) is 9.67 Å². The first-order chi connectivity index (χ1) is 12.2. The van der Waals surface area contributed by atoms with Gasteiger partial charge in [0, 0.05) is 5.41 Å².